The fourth-order valence-electron chi connectivity index (χ4n) is 2.06. The second kappa shape index (κ2) is 10.9. The first-order chi connectivity index (χ1) is 12.5. The van der Waals surface area contributed by atoms with E-state index < -0.39 is 0 Å². The number of thioether (sulfide) groups is 1. The second-order valence-electron chi connectivity index (χ2n) is 5.67. The summed E-state index contributed by atoms with van der Waals surface area (Å²) in [6, 6.07) is 15.6. The monoisotopic (exact) mass is 435 g/mol. The topological polar surface area (TPSA) is 70.2 Å². The molecule has 0 unspecified atom stereocenters. The van der Waals surface area contributed by atoms with E-state index in [1.807, 2.05) is 55.5 Å². The Morgan fingerprint density at radius 1 is 0.962 bits per heavy atom. The molecule has 3 amide bonds. The highest BCUT2D eigenvalue weighted by Crippen LogP contribution is 2.19. The molecule has 0 heterocycles. The molecule has 138 valence electrons. The molecule has 7 heteroatoms. The zero-order valence-electron chi connectivity index (χ0n) is 14.5. The molecule has 0 spiro atoms. The summed E-state index contributed by atoms with van der Waals surface area (Å²) in [6.07, 6.45) is 0. The predicted molar refractivity (Wildman–Crippen MR) is 109 cm³/mol. The lowest BCUT2D eigenvalue weighted by Crippen LogP contribution is -2.42. The van der Waals surface area contributed by atoms with E-state index in [9.17, 15) is 9.59 Å². The molecule has 2 aromatic carbocycles. The lowest BCUT2D eigenvalue weighted by molar-refractivity contribution is -0.119. The molecular weight excluding hydrogens is 414 g/mol. The number of carbonyl (C=O) groups excluding carboxylic acids is 2. The van der Waals surface area contributed by atoms with Gasteiger partial charge in [-0.3, -0.25) is 4.79 Å². The van der Waals surface area contributed by atoms with Crippen molar-refractivity contribution >= 4 is 39.6 Å². The molecule has 0 aliphatic carbocycles. The number of rotatable bonds is 8. The number of hydrogen-bond acceptors (Lipinski definition) is 3. The quantitative estimate of drug-likeness (QED) is 0.439. The van der Waals surface area contributed by atoms with Crippen LogP contribution >= 0.6 is 27.7 Å². The van der Waals surface area contributed by atoms with Crippen LogP contribution in [0.1, 0.15) is 11.1 Å². The van der Waals surface area contributed by atoms with Gasteiger partial charge in [0.1, 0.15) is 0 Å². The third-order valence-electron chi connectivity index (χ3n) is 3.49. The molecule has 0 fully saturated rings. The van der Waals surface area contributed by atoms with Crippen LogP contribution in [-0.4, -0.2) is 30.8 Å². The van der Waals surface area contributed by atoms with Gasteiger partial charge in [0.2, 0.25) is 5.91 Å². The Morgan fingerprint density at radius 2 is 1.65 bits per heavy atom. The number of benzene rings is 2. The first kappa shape index (κ1) is 20.3. The van der Waals surface area contributed by atoms with Crippen molar-refractivity contribution in [3.63, 3.8) is 0 Å². The van der Waals surface area contributed by atoms with Crippen molar-refractivity contribution < 1.29 is 9.59 Å². The smallest absolute Gasteiger partial charge is 0.315 e. The molecule has 0 saturated heterocycles. The van der Waals surface area contributed by atoms with Gasteiger partial charge in [0.15, 0.2) is 0 Å². The van der Waals surface area contributed by atoms with Crippen LogP contribution in [0.15, 0.2) is 57.9 Å². The minimum absolute atomic E-state index is 0.0390. The molecule has 0 aliphatic heterocycles. The lowest BCUT2D eigenvalue weighted by Gasteiger charge is -2.09. The van der Waals surface area contributed by atoms with Gasteiger partial charge in [-0.05, 0) is 36.8 Å². The third kappa shape index (κ3) is 7.93. The zero-order valence-corrected chi connectivity index (χ0v) is 17.0. The van der Waals surface area contributed by atoms with Gasteiger partial charge < -0.3 is 16.0 Å². The number of hydrogen-bond donors (Lipinski definition) is 3. The molecule has 0 bridgehead atoms. The summed E-state index contributed by atoms with van der Waals surface area (Å²) in [5.74, 6) is 0.569. The van der Waals surface area contributed by atoms with Gasteiger partial charge in [0, 0.05) is 28.2 Å². The van der Waals surface area contributed by atoms with E-state index in [1.165, 1.54) is 5.56 Å². The Balaban J connectivity index is 1.55. The molecule has 5 nitrogen and oxygen atoms in total. The number of urea groups is 1. The molecule has 26 heavy (non-hydrogen) atoms. The van der Waals surface area contributed by atoms with E-state index in [0.717, 1.165) is 20.7 Å². The summed E-state index contributed by atoms with van der Waals surface area (Å²) < 4.78 is 1.04. The van der Waals surface area contributed by atoms with E-state index in [0.29, 0.717) is 13.1 Å². The van der Waals surface area contributed by atoms with E-state index >= 15 is 0 Å². The molecule has 0 atom stereocenters. The summed E-state index contributed by atoms with van der Waals surface area (Å²) in [4.78, 5) is 24.6. The Bertz CT molecular complexity index is 721. The van der Waals surface area contributed by atoms with Crippen LogP contribution in [0, 0.1) is 6.92 Å². The molecule has 0 saturated carbocycles. The van der Waals surface area contributed by atoms with Gasteiger partial charge >= 0.3 is 6.03 Å². The van der Waals surface area contributed by atoms with E-state index in [1.54, 1.807) is 11.8 Å². The Labute approximate surface area is 166 Å². The molecular formula is C19H22BrN3O2S. The maximum Gasteiger partial charge on any atom is 0.315 e. The van der Waals surface area contributed by atoms with Crippen LogP contribution < -0.4 is 16.0 Å². The van der Waals surface area contributed by atoms with E-state index in [4.69, 9.17) is 0 Å². The number of nitrogens with one attached hydrogen (secondary N) is 3. The molecule has 0 aromatic heterocycles. The average molecular weight is 436 g/mol. The van der Waals surface area contributed by atoms with Crippen LogP contribution in [0.5, 0.6) is 0 Å². The summed E-state index contributed by atoms with van der Waals surface area (Å²) in [5, 5.41) is 8.07. The van der Waals surface area contributed by atoms with Crippen molar-refractivity contribution in [1.82, 2.24) is 16.0 Å². The number of halogens is 1. The van der Waals surface area contributed by atoms with Crippen molar-refractivity contribution in [1.29, 1.82) is 0 Å². The van der Waals surface area contributed by atoms with Crippen LogP contribution in [-0.2, 0) is 11.3 Å². The summed E-state index contributed by atoms with van der Waals surface area (Å²) >= 11 is 5.06. The van der Waals surface area contributed by atoms with Crippen molar-refractivity contribution in [2.75, 3.05) is 18.8 Å². The number of carbonyl (C=O) groups is 2. The number of aryl methyl sites for hydroxylation is 1. The van der Waals surface area contributed by atoms with Crippen LogP contribution in [0.3, 0.4) is 0 Å². The Hall–Kier alpha value is -1.99. The molecule has 2 aromatic rings. The second-order valence-corrected chi connectivity index (χ2v) is 7.76. The molecule has 2 rings (SSSR count). The Morgan fingerprint density at radius 3 is 2.35 bits per heavy atom. The first-order valence-electron chi connectivity index (χ1n) is 8.25. The van der Waals surface area contributed by atoms with Gasteiger partial charge in [0.25, 0.3) is 0 Å². The maximum atomic E-state index is 11.7. The van der Waals surface area contributed by atoms with Crippen LogP contribution in [0.4, 0.5) is 4.79 Å². The third-order valence-corrected chi connectivity index (χ3v) is 5.03. The molecule has 3 N–H and O–H groups in total. The fraction of sp³-hybridized carbons (Fsp3) is 0.263. The normalized spacial score (nSPS) is 10.2. The minimum Gasteiger partial charge on any atom is -0.354 e. The zero-order chi connectivity index (χ0) is 18.8. The van der Waals surface area contributed by atoms with Crippen molar-refractivity contribution in [2.24, 2.45) is 0 Å². The standard InChI is InChI=1S/C19H22BrN3O2S/c1-14-2-4-15(5-3-14)12-22-19(25)23-13-18(24)21-10-11-26-17-8-6-16(20)7-9-17/h2-9H,10-13H2,1H3,(H,21,24)(H2,22,23,25). The fourth-order valence-corrected chi connectivity index (χ4v) is 3.10. The maximum absolute atomic E-state index is 11.7. The summed E-state index contributed by atoms with van der Waals surface area (Å²) in [6.45, 7) is 2.95. The van der Waals surface area contributed by atoms with Crippen molar-refractivity contribution in [3.05, 3.63) is 64.1 Å². The van der Waals surface area contributed by atoms with Crippen molar-refractivity contribution in [2.45, 2.75) is 18.4 Å². The lowest BCUT2D eigenvalue weighted by atomic mass is 10.1. The van der Waals surface area contributed by atoms with E-state index in [-0.39, 0.29) is 18.5 Å². The largest absolute Gasteiger partial charge is 0.354 e. The van der Waals surface area contributed by atoms with Crippen LogP contribution in [0.2, 0.25) is 0 Å². The highest BCUT2D eigenvalue weighted by atomic mass is 79.9. The highest BCUT2D eigenvalue weighted by molar-refractivity contribution is 9.10. The number of amides is 3. The minimum atomic E-state index is -0.357. The van der Waals surface area contributed by atoms with Gasteiger partial charge in [-0.15, -0.1) is 11.8 Å². The van der Waals surface area contributed by atoms with Crippen molar-refractivity contribution in [3.8, 4) is 0 Å². The Kier molecular flexibility index (Phi) is 8.50. The van der Waals surface area contributed by atoms with Gasteiger partial charge in [-0.1, -0.05) is 45.8 Å². The SMILES string of the molecule is Cc1ccc(CNC(=O)NCC(=O)NCCSc2ccc(Br)cc2)cc1. The molecule has 0 aliphatic rings. The summed E-state index contributed by atoms with van der Waals surface area (Å²) in [5.41, 5.74) is 2.19. The van der Waals surface area contributed by atoms with Gasteiger partial charge in [-0.25, -0.2) is 4.79 Å². The average Bonchev–Trinajstić information content (AvgIpc) is 2.64. The van der Waals surface area contributed by atoms with E-state index in [2.05, 4.69) is 31.9 Å². The van der Waals surface area contributed by atoms with Gasteiger partial charge in [-0.2, -0.15) is 0 Å². The highest BCUT2D eigenvalue weighted by Gasteiger charge is 2.05. The van der Waals surface area contributed by atoms with Gasteiger partial charge in [0.05, 0.1) is 6.54 Å². The predicted octanol–water partition coefficient (Wildman–Crippen LogP) is 3.47. The first-order valence-corrected chi connectivity index (χ1v) is 10.0. The van der Waals surface area contributed by atoms with Crippen LogP contribution in [0.25, 0.3) is 0 Å². The summed E-state index contributed by atoms with van der Waals surface area (Å²) in [7, 11) is 0. The molecule has 0 radical (unpaired) electrons.